The van der Waals surface area contributed by atoms with Crippen LogP contribution in [0, 0.1) is 11.7 Å². The van der Waals surface area contributed by atoms with E-state index in [1.807, 2.05) is 18.2 Å². The molecular weight excluding hydrogens is 481 g/mol. The molecule has 3 aromatic rings. The van der Waals surface area contributed by atoms with Crippen LogP contribution in [0.2, 0.25) is 0 Å². The van der Waals surface area contributed by atoms with Crippen molar-refractivity contribution in [3.8, 4) is 11.5 Å². The topological polar surface area (TPSA) is 76.6 Å². The lowest BCUT2D eigenvalue weighted by Gasteiger charge is -2.13. The number of amidine groups is 1. The first-order valence-electron chi connectivity index (χ1n) is 11.3. The van der Waals surface area contributed by atoms with E-state index in [4.69, 9.17) is 13.9 Å². The quantitative estimate of drug-likeness (QED) is 0.203. The van der Waals surface area contributed by atoms with Crippen LogP contribution in [0.5, 0.6) is 11.5 Å². The second kappa shape index (κ2) is 11.7. The van der Waals surface area contributed by atoms with E-state index in [0.29, 0.717) is 45.4 Å². The fourth-order valence-corrected chi connectivity index (χ4v) is 4.21. The van der Waals surface area contributed by atoms with E-state index >= 15 is 0 Å². The molecule has 0 saturated carbocycles. The first kappa shape index (κ1) is 25.2. The predicted octanol–water partition coefficient (Wildman–Crippen LogP) is 5.97. The molecule has 0 bridgehead atoms. The van der Waals surface area contributed by atoms with Gasteiger partial charge in [0.05, 0.1) is 37.6 Å². The van der Waals surface area contributed by atoms with Crippen molar-refractivity contribution in [2.45, 2.75) is 20.4 Å². The highest BCUT2D eigenvalue weighted by Gasteiger charge is 2.34. The molecule has 0 atom stereocenters. The van der Waals surface area contributed by atoms with Gasteiger partial charge in [0.15, 0.2) is 16.7 Å². The van der Waals surface area contributed by atoms with Gasteiger partial charge < -0.3 is 13.9 Å². The summed E-state index contributed by atoms with van der Waals surface area (Å²) in [5.41, 5.74) is 1.48. The Morgan fingerprint density at radius 1 is 1.11 bits per heavy atom. The van der Waals surface area contributed by atoms with Gasteiger partial charge in [-0.05, 0) is 71.3 Å². The second-order valence-corrected chi connectivity index (χ2v) is 9.38. The van der Waals surface area contributed by atoms with Crippen molar-refractivity contribution in [3.63, 3.8) is 0 Å². The molecule has 36 heavy (non-hydrogen) atoms. The molecule has 186 valence electrons. The van der Waals surface area contributed by atoms with Gasteiger partial charge in [0.2, 0.25) is 0 Å². The third-order valence-electron chi connectivity index (χ3n) is 5.06. The highest BCUT2D eigenvalue weighted by molar-refractivity contribution is 8.18. The van der Waals surface area contributed by atoms with Gasteiger partial charge >= 0.3 is 0 Å². The van der Waals surface area contributed by atoms with Crippen molar-refractivity contribution < 1.29 is 23.1 Å². The van der Waals surface area contributed by atoms with Crippen LogP contribution in [0.3, 0.4) is 0 Å². The molecule has 1 fully saturated rings. The van der Waals surface area contributed by atoms with Gasteiger partial charge in [-0.25, -0.2) is 4.39 Å². The third kappa shape index (κ3) is 6.42. The molecule has 1 aliphatic rings. The minimum absolute atomic E-state index is 0.215. The minimum atomic E-state index is -0.328. The number of ether oxygens (including phenoxy) is 2. The van der Waals surface area contributed by atoms with Crippen molar-refractivity contribution in [2.24, 2.45) is 16.1 Å². The number of carbonyl (C=O) groups excluding carboxylic acids is 1. The number of amides is 1. The maximum Gasteiger partial charge on any atom is 0.267 e. The average molecular weight is 508 g/mol. The number of furan rings is 1. The molecule has 2 heterocycles. The summed E-state index contributed by atoms with van der Waals surface area (Å²) in [5, 5.41) is 8.79. The number of hydrogen-bond acceptors (Lipinski definition) is 7. The monoisotopic (exact) mass is 507 g/mol. The zero-order chi connectivity index (χ0) is 25.5. The Balaban J connectivity index is 1.59. The number of benzene rings is 2. The molecular formula is C27H26FN3O4S. The summed E-state index contributed by atoms with van der Waals surface area (Å²) in [6.07, 6.45) is 4.84. The molecule has 0 unspecified atom stereocenters. The Kier molecular flexibility index (Phi) is 8.22. The van der Waals surface area contributed by atoms with Crippen LogP contribution >= 0.6 is 11.8 Å². The molecule has 7 nitrogen and oxygen atoms in total. The van der Waals surface area contributed by atoms with Crippen molar-refractivity contribution in [1.29, 1.82) is 0 Å². The molecule has 1 aromatic heterocycles. The van der Waals surface area contributed by atoms with E-state index in [-0.39, 0.29) is 18.3 Å². The van der Waals surface area contributed by atoms with E-state index < -0.39 is 0 Å². The van der Waals surface area contributed by atoms with Crippen LogP contribution in [0.25, 0.3) is 6.08 Å². The van der Waals surface area contributed by atoms with Gasteiger partial charge in [0.25, 0.3) is 5.91 Å². The minimum Gasteiger partial charge on any atom is -0.493 e. The fraction of sp³-hybridized carbons (Fsp3) is 0.222. The molecule has 4 rings (SSSR count). The zero-order valence-electron chi connectivity index (χ0n) is 20.2. The van der Waals surface area contributed by atoms with E-state index in [0.717, 1.165) is 5.56 Å². The summed E-state index contributed by atoms with van der Waals surface area (Å²) >= 11 is 1.21. The Morgan fingerprint density at radius 3 is 2.58 bits per heavy atom. The first-order valence-corrected chi connectivity index (χ1v) is 12.2. The zero-order valence-corrected chi connectivity index (χ0v) is 21.0. The summed E-state index contributed by atoms with van der Waals surface area (Å²) in [7, 11) is 1.58. The molecule has 9 heteroatoms. The second-order valence-electron chi connectivity index (χ2n) is 8.38. The van der Waals surface area contributed by atoms with E-state index in [2.05, 4.69) is 24.1 Å². The number of nitrogens with zero attached hydrogens (tertiary/aromatic N) is 3. The van der Waals surface area contributed by atoms with Crippen LogP contribution in [0.4, 0.5) is 4.39 Å². The molecule has 1 saturated heterocycles. The average Bonchev–Trinajstić information content (AvgIpc) is 3.48. The summed E-state index contributed by atoms with van der Waals surface area (Å²) in [6.45, 7) is 4.94. The third-order valence-corrected chi connectivity index (χ3v) is 6.06. The number of hydrogen-bond donors (Lipinski definition) is 0. The summed E-state index contributed by atoms with van der Waals surface area (Å²) < 4.78 is 29.9. The number of methoxy groups -OCH3 is 1. The molecule has 0 N–H and O–H groups in total. The van der Waals surface area contributed by atoms with Crippen LogP contribution in [0.1, 0.15) is 30.7 Å². The molecule has 0 aliphatic carbocycles. The maximum atomic E-state index is 13.3. The molecule has 0 radical (unpaired) electrons. The van der Waals surface area contributed by atoms with E-state index in [1.165, 1.54) is 35.0 Å². The van der Waals surface area contributed by atoms with Crippen molar-refractivity contribution in [1.82, 2.24) is 4.90 Å². The predicted molar refractivity (Wildman–Crippen MR) is 140 cm³/mol. The van der Waals surface area contributed by atoms with Gasteiger partial charge in [-0.2, -0.15) is 5.10 Å². The Bertz CT molecular complexity index is 1280. The summed E-state index contributed by atoms with van der Waals surface area (Å²) in [4.78, 5) is 15.3. The summed E-state index contributed by atoms with van der Waals surface area (Å²) in [6, 6.07) is 15.0. The molecule has 1 aliphatic heterocycles. The Labute approximate surface area is 213 Å². The Hall–Kier alpha value is -3.85. The smallest absolute Gasteiger partial charge is 0.267 e. The van der Waals surface area contributed by atoms with Crippen molar-refractivity contribution >= 4 is 35.1 Å². The van der Waals surface area contributed by atoms with Crippen LogP contribution in [0.15, 0.2) is 80.4 Å². The highest BCUT2D eigenvalue weighted by atomic mass is 32.2. The largest absolute Gasteiger partial charge is 0.493 e. The van der Waals surface area contributed by atoms with Gasteiger partial charge in [-0.15, -0.1) is 5.10 Å². The number of rotatable bonds is 9. The van der Waals surface area contributed by atoms with Crippen molar-refractivity contribution in [3.05, 3.63) is 88.5 Å². The summed E-state index contributed by atoms with van der Waals surface area (Å²) in [5.74, 6) is 1.69. The van der Waals surface area contributed by atoms with Crippen LogP contribution < -0.4 is 9.47 Å². The van der Waals surface area contributed by atoms with Crippen LogP contribution in [-0.4, -0.2) is 35.9 Å². The van der Waals surface area contributed by atoms with Gasteiger partial charge in [0, 0.05) is 0 Å². The maximum absolute atomic E-state index is 13.3. The van der Waals surface area contributed by atoms with Crippen LogP contribution in [-0.2, 0) is 11.3 Å². The first-order chi connectivity index (χ1) is 17.4. The lowest BCUT2D eigenvalue weighted by Crippen LogP contribution is -2.28. The Morgan fingerprint density at radius 2 is 1.89 bits per heavy atom. The molecule has 1 amide bonds. The van der Waals surface area contributed by atoms with Gasteiger partial charge in [0.1, 0.15) is 11.6 Å². The van der Waals surface area contributed by atoms with Gasteiger partial charge in [-0.1, -0.05) is 32.0 Å². The number of thioether (sulfide) groups is 1. The standard InChI is InChI=1S/C27H26FN3O4S/c1-18(2)17-35-23-11-8-20(13-24(23)33-3)14-25-26(32)31(16-22-5-4-12-34-22)27(36-25)30-29-15-19-6-9-21(28)10-7-19/h4-15,18H,16-17H2,1-3H3/b25-14-,29-15-,30-27+. The van der Waals surface area contributed by atoms with Crippen molar-refractivity contribution in [2.75, 3.05) is 13.7 Å². The lowest BCUT2D eigenvalue weighted by molar-refractivity contribution is -0.122. The fourth-order valence-electron chi connectivity index (χ4n) is 3.28. The lowest BCUT2D eigenvalue weighted by atomic mass is 10.1. The number of halogens is 1. The molecule has 2 aromatic carbocycles. The van der Waals surface area contributed by atoms with E-state index in [1.54, 1.807) is 43.7 Å². The van der Waals surface area contributed by atoms with Gasteiger partial charge in [-0.3, -0.25) is 9.69 Å². The highest BCUT2D eigenvalue weighted by Crippen LogP contribution is 2.35. The normalized spacial score (nSPS) is 16.1. The number of carbonyl (C=O) groups is 1. The van der Waals surface area contributed by atoms with E-state index in [9.17, 15) is 9.18 Å². The molecule has 0 spiro atoms. The SMILES string of the molecule is COc1cc(/C=C2\S/C(=N/N=C\c3ccc(F)cc3)N(Cc3ccco3)C2=O)ccc1OCC(C)C.